The van der Waals surface area contributed by atoms with Crippen molar-refractivity contribution in [2.24, 2.45) is 0 Å². The van der Waals surface area contributed by atoms with E-state index in [1.165, 1.54) is 0 Å². The lowest BCUT2D eigenvalue weighted by atomic mass is 9.88. The Balaban J connectivity index is 1.73. The van der Waals surface area contributed by atoms with Crippen molar-refractivity contribution in [3.63, 3.8) is 0 Å². The van der Waals surface area contributed by atoms with Crippen LogP contribution in [0.1, 0.15) is 27.9 Å². The Morgan fingerprint density at radius 3 is 2.38 bits per heavy atom. The quantitative estimate of drug-likeness (QED) is 0.475. The Bertz CT molecular complexity index is 1100. The fourth-order valence-corrected chi connectivity index (χ4v) is 4.38. The van der Waals surface area contributed by atoms with Crippen molar-refractivity contribution < 1.29 is 14.7 Å². The van der Waals surface area contributed by atoms with Crippen LogP contribution in [-0.4, -0.2) is 16.8 Å². The smallest absolute Gasteiger partial charge is 0.264 e. The van der Waals surface area contributed by atoms with Gasteiger partial charge in [-0.05, 0) is 29.8 Å². The highest BCUT2D eigenvalue weighted by atomic mass is 79.9. The molecule has 0 aliphatic carbocycles. The van der Waals surface area contributed by atoms with Crippen molar-refractivity contribution in [2.45, 2.75) is 18.6 Å². The zero-order valence-corrected chi connectivity index (χ0v) is 18.5. The molecule has 4 nitrogen and oxygen atoms in total. The van der Waals surface area contributed by atoms with Gasteiger partial charge < -0.3 is 10.0 Å². The third kappa shape index (κ3) is 3.68. The number of halogens is 2. The van der Waals surface area contributed by atoms with Crippen LogP contribution in [0.5, 0.6) is 0 Å². The first-order chi connectivity index (χ1) is 13.9. The number of nitrogens with zero attached hydrogens (tertiary/aromatic N) is 1. The lowest BCUT2D eigenvalue weighted by molar-refractivity contribution is -0.136. The van der Waals surface area contributed by atoms with E-state index in [0.29, 0.717) is 16.8 Å². The molecule has 6 heteroatoms. The number of ketones is 1. The number of amides is 1. The monoisotopic (exact) mass is 513 g/mol. The molecular formula is C23H17Br2NO3. The van der Waals surface area contributed by atoms with Gasteiger partial charge in [-0.25, -0.2) is 0 Å². The van der Waals surface area contributed by atoms with Crippen LogP contribution in [0.15, 0.2) is 81.7 Å². The molecule has 0 aromatic heterocycles. The highest BCUT2D eigenvalue weighted by Crippen LogP contribution is 2.45. The first kappa shape index (κ1) is 20.0. The SMILES string of the molecule is O=C(C[C@]1(O)C(=O)N(Cc2ccccc2Br)c2ccc(Br)cc21)c1ccccc1. The fraction of sp³-hybridized carbons (Fsp3) is 0.130. The topological polar surface area (TPSA) is 57.6 Å². The number of Topliss-reactive ketones (excluding diaryl/α,β-unsaturated/α-hetero) is 1. The maximum atomic E-state index is 13.4. The summed E-state index contributed by atoms with van der Waals surface area (Å²) in [5.41, 5.74) is 0.515. The molecular weight excluding hydrogens is 498 g/mol. The summed E-state index contributed by atoms with van der Waals surface area (Å²) < 4.78 is 1.61. The van der Waals surface area contributed by atoms with Crippen molar-refractivity contribution in [1.29, 1.82) is 0 Å². The number of aliphatic hydroxyl groups is 1. The molecule has 4 rings (SSSR count). The Labute approximate surface area is 185 Å². The van der Waals surface area contributed by atoms with Gasteiger partial charge in [-0.15, -0.1) is 0 Å². The van der Waals surface area contributed by atoms with Crippen LogP contribution >= 0.6 is 31.9 Å². The number of benzene rings is 3. The third-order valence-corrected chi connectivity index (χ3v) is 6.36. The third-order valence-electron chi connectivity index (χ3n) is 5.09. The van der Waals surface area contributed by atoms with Crippen molar-refractivity contribution >= 4 is 49.2 Å². The van der Waals surface area contributed by atoms with E-state index in [4.69, 9.17) is 0 Å². The van der Waals surface area contributed by atoms with E-state index in [1.807, 2.05) is 36.4 Å². The van der Waals surface area contributed by atoms with Crippen LogP contribution in [0.2, 0.25) is 0 Å². The van der Waals surface area contributed by atoms with E-state index < -0.39 is 11.5 Å². The molecule has 0 bridgehead atoms. The number of hydrogen-bond donors (Lipinski definition) is 1. The predicted molar refractivity (Wildman–Crippen MR) is 119 cm³/mol. The first-order valence-corrected chi connectivity index (χ1v) is 10.6. The average molecular weight is 515 g/mol. The Hall–Kier alpha value is -2.28. The largest absolute Gasteiger partial charge is 0.375 e. The zero-order chi connectivity index (χ0) is 20.6. The summed E-state index contributed by atoms with van der Waals surface area (Å²) in [6.07, 6.45) is -0.314. The van der Waals surface area contributed by atoms with Crippen LogP contribution < -0.4 is 4.90 Å². The average Bonchev–Trinajstić information content (AvgIpc) is 2.92. The van der Waals surface area contributed by atoms with Gasteiger partial charge in [-0.2, -0.15) is 0 Å². The highest BCUT2D eigenvalue weighted by molar-refractivity contribution is 9.10. The van der Waals surface area contributed by atoms with Gasteiger partial charge in [-0.1, -0.05) is 80.4 Å². The molecule has 1 heterocycles. The summed E-state index contributed by atoms with van der Waals surface area (Å²) in [6, 6.07) is 21.7. The Kier molecular flexibility index (Phi) is 5.42. The van der Waals surface area contributed by atoms with E-state index in [1.54, 1.807) is 41.3 Å². The molecule has 1 atom stereocenters. The molecule has 1 aliphatic rings. The molecule has 0 radical (unpaired) electrons. The number of hydrogen-bond acceptors (Lipinski definition) is 3. The second-order valence-electron chi connectivity index (χ2n) is 6.97. The molecule has 3 aromatic rings. The minimum Gasteiger partial charge on any atom is -0.375 e. The first-order valence-electron chi connectivity index (χ1n) is 9.06. The minimum absolute atomic E-state index is 0.282. The number of rotatable bonds is 5. The summed E-state index contributed by atoms with van der Waals surface area (Å²) in [5.74, 6) is -0.777. The molecule has 0 unspecified atom stereocenters. The van der Waals surface area contributed by atoms with Crippen molar-refractivity contribution in [2.75, 3.05) is 4.90 Å². The number of carbonyl (C=O) groups is 2. The lowest BCUT2D eigenvalue weighted by Gasteiger charge is -2.23. The Morgan fingerprint density at radius 1 is 0.966 bits per heavy atom. The van der Waals surface area contributed by atoms with Gasteiger partial charge in [0, 0.05) is 20.1 Å². The van der Waals surface area contributed by atoms with Crippen LogP contribution in [0.25, 0.3) is 0 Å². The van der Waals surface area contributed by atoms with Gasteiger partial charge in [0.25, 0.3) is 5.91 Å². The normalized spacial score (nSPS) is 18.0. The van der Waals surface area contributed by atoms with Gasteiger partial charge in [0.1, 0.15) is 0 Å². The van der Waals surface area contributed by atoms with Gasteiger partial charge in [-0.3, -0.25) is 9.59 Å². The molecule has 0 saturated heterocycles. The van der Waals surface area contributed by atoms with Crippen molar-refractivity contribution in [3.8, 4) is 0 Å². The summed E-state index contributed by atoms with van der Waals surface area (Å²) >= 11 is 6.93. The van der Waals surface area contributed by atoms with E-state index in [2.05, 4.69) is 31.9 Å². The van der Waals surface area contributed by atoms with Crippen LogP contribution in [0.3, 0.4) is 0 Å². The highest BCUT2D eigenvalue weighted by Gasteiger charge is 2.51. The second-order valence-corrected chi connectivity index (χ2v) is 8.74. The summed E-state index contributed by atoms with van der Waals surface area (Å²) in [5, 5.41) is 11.4. The zero-order valence-electron chi connectivity index (χ0n) is 15.3. The van der Waals surface area contributed by atoms with Gasteiger partial charge in [0.2, 0.25) is 0 Å². The summed E-state index contributed by atoms with van der Waals surface area (Å²) in [4.78, 5) is 27.7. The van der Waals surface area contributed by atoms with E-state index in [9.17, 15) is 14.7 Å². The standard InChI is InChI=1S/C23H17Br2NO3/c24-17-10-11-20-18(12-17)23(29,13-21(27)15-6-2-1-3-7-15)22(28)26(20)14-16-8-4-5-9-19(16)25/h1-12,29H,13-14H2/t23-/m1/s1. The van der Waals surface area contributed by atoms with Gasteiger partial charge >= 0.3 is 0 Å². The van der Waals surface area contributed by atoms with Crippen LogP contribution in [0, 0.1) is 0 Å². The molecule has 29 heavy (non-hydrogen) atoms. The molecule has 1 amide bonds. The molecule has 0 saturated carbocycles. The van der Waals surface area contributed by atoms with Gasteiger partial charge in [0.15, 0.2) is 11.4 Å². The lowest BCUT2D eigenvalue weighted by Crippen LogP contribution is -2.41. The summed E-state index contributed by atoms with van der Waals surface area (Å²) in [7, 11) is 0. The van der Waals surface area contributed by atoms with Crippen molar-refractivity contribution in [3.05, 3.63) is 98.4 Å². The maximum Gasteiger partial charge on any atom is 0.264 e. The minimum atomic E-state index is -1.91. The fourth-order valence-electron chi connectivity index (χ4n) is 3.61. The van der Waals surface area contributed by atoms with Crippen LogP contribution in [0.4, 0.5) is 5.69 Å². The molecule has 1 N–H and O–H groups in total. The van der Waals surface area contributed by atoms with Gasteiger partial charge in [0.05, 0.1) is 18.7 Å². The van der Waals surface area contributed by atoms with E-state index in [-0.39, 0.29) is 18.7 Å². The number of fused-ring (bicyclic) bond motifs is 1. The van der Waals surface area contributed by atoms with Crippen LogP contribution in [-0.2, 0) is 16.9 Å². The molecule has 0 fully saturated rings. The maximum absolute atomic E-state index is 13.4. The molecule has 1 aliphatic heterocycles. The summed E-state index contributed by atoms with van der Waals surface area (Å²) in [6.45, 7) is 0.288. The number of carbonyl (C=O) groups excluding carboxylic acids is 2. The predicted octanol–water partition coefficient (Wildman–Crippen LogP) is 5.22. The van der Waals surface area contributed by atoms with E-state index in [0.717, 1.165) is 14.5 Å². The molecule has 0 spiro atoms. The van der Waals surface area contributed by atoms with Crippen molar-refractivity contribution in [1.82, 2.24) is 0 Å². The van der Waals surface area contributed by atoms with E-state index >= 15 is 0 Å². The molecule has 3 aromatic carbocycles. The molecule has 146 valence electrons. The second kappa shape index (κ2) is 7.86. The Morgan fingerprint density at radius 2 is 1.66 bits per heavy atom. The number of anilines is 1.